The smallest absolute Gasteiger partial charge is 0.250 e. The topological polar surface area (TPSA) is 29.5 Å². The molecule has 1 atom stereocenters. The number of hydrogen-bond acceptors (Lipinski definition) is 2. The molecule has 1 aliphatic heterocycles. The fourth-order valence-electron chi connectivity index (χ4n) is 1.97. The predicted octanol–water partition coefficient (Wildman–Crippen LogP) is 1.06. The zero-order chi connectivity index (χ0) is 12.8. The molecule has 0 radical (unpaired) electrons. The lowest BCUT2D eigenvalue weighted by atomic mass is 10.2. The van der Waals surface area contributed by atoms with Crippen molar-refractivity contribution in [3.8, 4) is 0 Å². The maximum atomic E-state index is 11.7. The number of benzene rings is 1. The van der Waals surface area contributed by atoms with Gasteiger partial charge in [0.25, 0.3) is 5.91 Å². The second kappa shape index (κ2) is 6.52. The van der Waals surface area contributed by atoms with Gasteiger partial charge in [0.15, 0.2) is 6.23 Å². The Labute approximate surface area is 111 Å². The van der Waals surface area contributed by atoms with E-state index in [4.69, 9.17) is 4.74 Å². The Kier molecular flexibility index (Phi) is 4.72. The third kappa shape index (κ3) is 3.30. The molecule has 0 bridgehead atoms. The molecule has 18 heavy (non-hydrogen) atoms. The minimum atomic E-state index is -0.189. The van der Waals surface area contributed by atoms with Crippen molar-refractivity contribution < 1.29 is 9.53 Å². The van der Waals surface area contributed by atoms with E-state index in [0.29, 0.717) is 0 Å². The summed E-state index contributed by atoms with van der Waals surface area (Å²) < 4.78 is 5.50. The quantitative estimate of drug-likeness (QED) is 0.742. The summed E-state index contributed by atoms with van der Waals surface area (Å²) in [7, 11) is 1.19. The summed E-state index contributed by atoms with van der Waals surface area (Å²) in [6, 6.07) is 11.3. The van der Waals surface area contributed by atoms with Crippen molar-refractivity contribution >= 4 is 22.2 Å². The molecule has 0 aromatic heterocycles. The number of hydrogen-bond donors (Lipinski definition) is 0. The third-order valence-corrected chi connectivity index (χ3v) is 3.72. The van der Waals surface area contributed by atoms with Crippen LogP contribution in [0.15, 0.2) is 36.4 Å². The van der Waals surface area contributed by atoms with E-state index in [0.717, 1.165) is 18.5 Å². The van der Waals surface area contributed by atoms with Gasteiger partial charge in [-0.1, -0.05) is 42.5 Å². The average Bonchev–Trinajstić information content (AvgIpc) is 2.76. The van der Waals surface area contributed by atoms with Gasteiger partial charge in [-0.3, -0.25) is 4.79 Å². The van der Waals surface area contributed by atoms with Gasteiger partial charge in [-0.2, -0.15) is 0 Å². The summed E-state index contributed by atoms with van der Waals surface area (Å²) in [5.41, 5.74) is 1.13. The number of nitrogens with zero attached hydrogens (tertiary/aromatic N) is 1. The number of carbonyl (C=O) groups is 1. The highest BCUT2D eigenvalue weighted by Crippen LogP contribution is 2.15. The maximum absolute atomic E-state index is 11.7. The summed E-state index contributed by atoms with van der Waals surface area (Å²) in [4.78, 5) is 13.5. The summed E-state index contributed by atoms with van der Waals surface area (Å²) in [5.74, 6) is 0.104. The van der Waals surface area contributed by atoms with E-state index >= 15 is 0 Å². The lowest BCUT2D eigenvalue weighted by Gasteiger charge is -2.20. The van der Waals surface area contributed by atoms with E-state index < -0.39 is 0 Å². The van der Waals surface area contributed by atoms with E-state index in [9.17, 15) is 4.79 Å². The Morgan fingerprint density at radius 3 is 2.89 bits per heavy atom. The van der Waals surface area contributed by atoms with Crippen LogP contribution in [0.1, 0.15) is 12.0 Å². The Morgan fingerprint density at radius 2 is 2.17 bits per heavy atom. The van der Waals surface area contributed by atoms with Gasteiger partial charge in [0.05, 0.1) is 0 Å². The number of ether oxygens (including phenoxy) is 1. The van der Waals surface area contributed by atoms with Gasteiger partial charge in [-0.25, -0.2) is 0 Å². The monoisotopic (exact) mass is 261 g/mol. The minimum absolute atomic E-state index is 0.104. The van der Waals surface area contributed by atoms with Gasteiger partial charge in [-0.15, -0.1) is 0 Å². The summed E-state index contributed by atoms with van der Waals surface area (Å²) in [6.45, 7) is 1.02. The molecule has 0 saturated carbocycles. The lowest BCUT2D eigenvalue weighted by Crippen LogP contribution is -2.33. The molecule has 1 amide bonds. The third-order valence-electron chi connectivity index (χ3n) is 3.01. The van der Waals surface area contributed by atoms with E-state index in [1.807, 2.05) is 47.4 Å². The fourth-order valence-corrected chi connectivity index (χ4v) is 2.29. The van der Waals surface area contributed by atoms with E-state index in [1.54, 1.807) is 0 Å². The molecule has 3 nitrogen and oxygen atoms in total. The van der Waals surface area contributed by atoms with Crippen LogP contribution in [0, 0.1) is 0 Å². The molecule has 1 unspecified atom stereocenters. The Morgan fingerprint density at radius 1 is 1.39 bits per heavy atom. The minimum Gasteiger partial charge on any atom is -0.345 e. The first-order valence-electron chi connectivity index (χ1n) is 6.45. The van der Waals surface area contributed by atoms with Crippen LogP contribution < -0.4 is 0 Å². The van der Waals surface area contributed by atoms with Gasteiger partial charge in [0.1, 0.15) is 6.61 Å². The molecular weight excluding hydrogens is 242 g/mol. The van der Waals surface area contributed by atoms with Crippen LogP contribution in [0.5, 0.6) is 0 Å². The SMILES string of the molecule is O=C1COC(/C=C/c2ccccc2)N1CCC[SiH3]. The average molecular weight is 261 g/mol. The molecule has 0 spiro atoms. The van der Waals surface area contributed by atoms with Crippen molar-refractivity contribution in [2.75, 3.05) is 13.2 Å². The van der Waals surface area contributed by atoms with E-state index in [2.05, 4.69) is 0 Å². The van der Waals surface area contributed by atoms with Gasteiger partial charge >= 0.3 is 0 Å². The molecule has 0 aliphatic carbocycles. The number of carbonyl (C=O) groups excluding carboxylic acids is 1. The first-order chi connectivity index (χ1) is 8.81. The molecular formula is C14H19NO2Si. The molecule has 0 N–H and O–H groups in total. The molecule has 1 heterocycles. The van der Waals surface area contributed by atoms with Crippen molar-refractivity contribution in [3.63, 3.8) is 0 Å². The molecule has 1 aromatic carbocycles. The summed E-state index contributed by atoms with van der Waals surface area (Å²) >= 11 is 0. The Balaban J connectivity index is 1.99. The zero-order valence-electron chi connectivity index (χ0n) is 10.7. The van der Waals surface area contributed by atoms with E-state index in [1.165, 1.54) is 16.3 Å². The molecule has 1 aliphatic rings. The van der Waals surface area contributed by atoms with Crippen molar-refractivity contribution in [2.45, 2.75) is 18.7 Å². The number of amides is 1. The molecule has 1 saturated heterocycles. The number of rotatable bonds is 5. The molecule has 1 aromatic rings. The highest BCUT2D eigenvalue weighted by atomic mass is 28.1. The van der Waals surface area contributed by atoms with Gasteiger partial charge < -0.3 is 9.64 Å². The highest BCUT2D eigenvalue weighted by Gasteiger charge is 2.28. The predicted molar refractivity (Wildman–Crippen MR) is 76.3 cm³/mol. The zero-order valence-corrected chi connectivity index (χ0v) is 12.7. The van der Waals surface area contributed by atoms with Crippen LogP contribution in [0.2, 0.25) is 6.04 Å². The van der Waals surface area contributed by atoms with Crippen LogP contribution in [0.4, 0.5) is 0 Å². The van der Waals surface area contributed by atoms with Crippen LogP contribution in [-0.4, -0.2) is 40.4 Å². The van der Waals surface area contributed by atoms with Crippen molar-refractivity contribution in [2.24, 2.45) is 0 Å². The normalized spacial score (nSPS) is 20.1. The van der Waals surface area contributed by atoms with E-state index in [-0.39, 0.29) is 18.7 Å². The largest absolute Gasteiger partial charge is 0.345 e. The molecule has 4 heteroatoms. The maximum Gasteiger partial charge on any atom is 0.250 e. The second-order valence-corrected chi connectivity index (χ2v) is 5.41. The molecule has 96 valence electrons. The highest BCUT2D eigenvalue weighted by molar-refractivity contribution is 6.08. The Hall–Kier alpha value is -1.39. The van der Waals surface area contributed by atoms with Crippen molar-refractivity contribution in [3.05, 3.63) is 42.0 Å². The molecule has 2 rings (SSSR count). The second-order valence-electron chi connectivity index (χ2n) is 4.41. The van der Waals surface area contributed by atoms with Crippen molar-refractivity contribution in [1.82, 2.24) is 4.90 Å². The van der Waals surface area contributed by atoms with Crippen LogP contribution in [-0.2, 0) is 9.53 Å². The van der Waals surface area contributed by atoms with Gasteiger partial charge in [0, 0.05) is 16.8 Å². The first-order valence-corrected chi connectivity index (χ1v) is 7.87. The van der Waals surface area contributed by atoms with Crippen LogP contribution in [0.25, 0.3) is 6.08 Å². The van der Waals surface area contributed by atoms with Crippen molar-refractivity contribution in [1.29, 1.82) is 0 Å². The fraction of sp³-hybridized carbons (Fsp3) is 0.357. The summed E-state index contributed by atoms with van der Waals surface area (Å²) in [6.07, 6.45) is 4.87. The Bertz CT molecular complexity index is 419. The van der Waals surface area contributed by atoms with Gasteiger partial charge in [-0.05, 0) is 18.1 Å². The van der Waals surface area contributed by atoms with Crippen LogP contribution in [0.3, 0.4) is 0 Å². The summed E-state index contributed by atoms with van der Waals surface area (Å²) in [5, 5.41) is 0. The lowest BCUT2D eigenvalue weighted by molar-refractivity contribution is -0.127. The standard InChI is InChI=1S/C14H19NO2Si/c16-13-11-17-14(15(13)9-4-10-18)8-7-12-5-2-1-3-6-12/h1-3,5-8,14H,4,9-11H2,18H3/b8-7+. The van der Waals surface area contributed by atoms with Crippen LogP contribution >= 0.6 is 0 Å². The van der Waals surface area contributed by atoms with Gasteiger partial charge in [0.2, 0.25) is 0 Å². The molecule has 1 fully saturated rings. The first kappa shape index (κ1) is 13.0.